The van der Waals surface area contributed by atoms with Crippen LogP contribution < -0.4 is 19.6 Å². The zero-order valence-electron chi connectivity index (χ0n) is 54.6. The average Bonchev–Trinajstić information content (AvgIpc) is 0.789. The summed E-state index contributed by atoms with van der Waals surface area (Å²) in [5.74, 6) is 0. The lowest BCUT2D eigenvalue weighted by Crippen LogP contribution is -2.11. The number of hydrogen-bond acceptors (Lipinski definition) is 5. The smallest absolute Gasteiger partial charge is 0.192 e. The Labute approximate surface area is 546 Å². The van der Waals surface area contributed by atoms with Gasteiger partial charge in [0, 0.05) is 67.6 Å². The van der Waals surface area contributed by atoms with E-state index in [1.54, 1.807) is 0 Å². The van der Waals surface area contributed by atoms with Crippen LogP contribution in [-0.2, 0) is 0 Å². The van der Waals surface area contributed by atoms with Crippen LogP contribution in [0.3, 0.4) is 0 Å². The Kier molecular flexibility index (Phi) is 18.6. The number of nitrogens with one attached hydrogen (secondary N) is 1. The van der Waals surface area contributed by atoms with Crippen molar-refractivity contribution in [3.05, 3.63) is 362 Å². The number of hydrogen-bond donors (Lipinski definition) is 1. The Bertz CT molecular complexity index is 4460. The molecule has 0 aliphatic carbocycles. The molecule has 1 atom stereocenters. The first-order chi connectivity index (χ1) is 46.1. The van der Waals surface area contributed by atoms with E-state index in [-0.39, 0.29) is 0 Å². The van der Waals surface area contributed by atoms with Crippen molar-refractivity contribution in [2.45, 2.75) is 27.7 Å². The maximum Gasteiger partial charge on any atom is 0.192 e. The molecule has 0 spiro atoms. The van der Waals surface area contributed by atoms with Gasteiger partial charge >= 0.3 is 0 Å². The predicted octanol–water partition coefficient (Wildman–Crippen LogP) is 25.1. The largest absolute Gasteiger partial charge is 0.310 e. The fourth-order valence-corrected chi connectivity index (χ4v) is 12.2. The molecule has 0 heterocycles. The monoisotopic (exact) mass is 1220 g/mol. The van der Waals surface area contributed by atoms with Gasteiger partial charge in [0.15, 0.2) is 1.41 Å². The summed E-state index contributed by atoms with van der Waals surface area (Å²) < 4.78 is 17.6. The van der Waals surface area contributed by atoms with Crippen molar-refractivity contribution in [3.63, 3.8) is 0 Å². The van der Waals surface area contributed by atoms with Crippen molar-refractivity contribution in [2.24, 2.45) is 0 Å². The quantitative estimate of drug-likeness (QED) is 0.110. The highest BCUT2D eigenvalue weighted by atomic mass is 31.0. The van der Waals surface area contributed by atoms with Crippen LogP contribution in [0.25, 0.3) is 43.8 Å². The maximum atomic E-state index is 5.90. The third kappa shape index (κ3) is 13.8. The molecule has 0 aliphatic rings. The minimum Gasteiger partial charge on any atom is -0.310 e. The van der Waals surface area contributed by atoms with Crippen LogP contribution in [0.4, 0.5) is 68.2 Å². The predicted molar refractivity (Wildman–Crippen MR) is 399 cm³/mol. The minimum absolute atomic E-state index is 0.417. The van der Waals surface area contributed by atoms with E-state index in [0.717, 1.165) is 56.9 Å². The second-order valence-corrected chi connectivity index (χ2v) is 22.5. The molecule has 14 rings (SSSR count). The van der Waals surface area contributed by atoms with Crippen molar-refractivity contribution < 1.29 is 1.41 Å². The molecule has 444 valence electrons. The van der Waals surface area contributed by atoms with Gasteiger partial charge in [-0.25, -0.2) is 0 Å². The van der Waals surface area contributed by atoms with Crippen molar-refractivity contribution >= 4 is 109 Å². The van der Waals surface area contributed by atoms with Gasteiger partial charge in [0.25, 0.3) is 0 Å². The van der Waals surface area contributed by atoms with Crippen LogP contribution in [0.5, 0.6) is 0 Å². The highest BCUT2D eigenvalue weighted by Gasteiger charge is 2.21. The van der Waals surface area contributed by atoms with Gasteiger partial charge in [-0.05, 0) is 225 Å². The zero-order valence-corrected chi connectivity index (χ0v) is 53.6. The van der Waals surface area contributed by atoms with Crippen LogP contribution in [-0.4, -0.2) is 2.56 Å². The summed E-state index contributed by atoms with van der Waals surface area (Å²) >= 11 is 0. The van der Waals surface area contributed by atoms with E-state index in [0.29, 0.717) is 0 Å². The van der Waals surface area contributed by atoms with Gasteiger partial charge in [-0.1, -0.05) is 206 Å². The molecular formula is C84H73N5P2. The summed E-state index contributed by atoms with van der Waals surface area (Å²) in [5.41, 5.74) is 23.5. The van der Waals surface area contributed by atoms with E-state index < -0.39 is 9.79 Å². The van der Waals surface area contributed by atoms with Crippen molar-refractivity contribution in [1.82, 2.24) is 0 Å². The number of nitrogens with zero attached hydrogens (tertiary/aromatic N) is 4. The van der Waals surface area contributed by atoms with E-state index in [1.165, 1.54) is 77.4 Å². The number of fused-ring (bicyclic) bond motifs is 2. The molecule has 0 fully saturated rings. The molecule has 1 unspecified atom stereocenters. The van der Waals surface area contributed by atoms with Gasteiger partial charge < -0.3 is 19.6 Å². The van der Waals surface area contributed by atoms with Gasteiger partial charge in [-0.15, -0.1) is 0 Å². The van der Waals surface area contributed by atoms with Crippen molar-refractivity contribution in [3.8, 4) is 22.3 Å². The molecule has 0 bridgehead atoms. The normalized spacial score (nSPS) is 11.1. The number of para-hydroxylation sites is 4. The molecule has 91 heavy (non-hydrogen) atoms. The summed E-state index contributed by atoms with van der Waals surface area (Å²) in [6.07, 6.45) is 0. The SMILES string of the molecule is Cc1cc(N(c2ccccc2)c2cccc3ccccc23)ccc1-c1ccc(N(c2ccccc2)c2cccc3ccccc23)cc1C.Cc1cccc(N(c2ccccc2)c2ccc(-c3ccc(N(c4ccccc4)c4cccc(C)c4)cc3)cc2)c1.[2H]N=P.[2H]P[3H]. The van der Waals surface area contributed by atoms with Crippen molar-refractivity contribution in [2.75, 3.05) is 19.6 Å². The molecule has 0 aromatic heterocycles. The van der Waals surface area contributed by atoms with Gasteiger partial charge in [-0.3, -0.25) is 5.15 Å². The highest BCUT2D eigenvalue weighted by Crippen LogP contribution is 2.44. The number of benzene rings is 14. The number of aryl methyl sites for hydroxylation is 4. The second-order valence-electron chi connectivity index (χ2n) is 22.5. The first-order valence-electron chi connectivity index (χ1n) is 31.9. The Morgan fingerprint density at radius 2 is 0.571 bits per heavy atom. The van der Waals surface area contributed by atoms with E-state index in [9.17, 15) is 0 Å². The summed E-state index contributed by atoms with van der Waals surface area (Å²) in [6, 6.07) is 121. The zero-order chi connectivity index (χ0) is 65.2. The molecule has 14 aromatic rings. The molecule has 0 saturated carbocycles. The van der Waals surface area contributed by atoms with Gasteiger partial charge in [0.2, 0.25) is 0 Å². The van der Waals surface area contributed by atoms with E-state index in [2.05, 4.69) is 401 Å². The Hall–Kier alpha value is -10.7. The highest BCUT2D eigenvalue weighted by molar-refractivity contribution is 7.02. The summed E-state index contributed by atoms with van der Waals surface area (Å²) in [6.45, 7) is 8.73. The molecule has 0 saturated heterocycles. The lowest BCUT2D eigenvalue weighted by Gasteiger charge is -2.28. The Morgan fingerprint density at radius 1 is 0.308 bits per heavy atom. The Morgan fingerprint density at radius 3 is 0.912 bits per heavy atom. The molecule has 7 heteroatoms. The summed E-state index contributed by atoms with van der Waals surface area (Å²) in [7, 11) is 2.06. The molecule has 14 aromatic carbocycles. The van der Waals surface area contributed by atoms with Gasteiger partial charge in [-0.2, -0.15) is 9.79 Å². The van der Waals surface area contributed by atoms with E-state index in [4.69, 9.17) is 3.97 Å². The van der Waals surface area contributed by atoms with Gasteiger partial charge in [0.05, 0.1) is 13.9 Å². The van der Waals surface area contributed by atoms with E-state index >= 15 is 0 Å². The van der Waals surface area contributed by atoms with Crippen LogP contribution in [0.1, 0.15) is 22.3 Å². The van der Waals surface area contributed by atoms with Gasteiger partial charge in [0.1, 0.15) is 0 Å². The molecular weight excluding hydrogens is 1140 g/mol. The fourth-order valence-electron chi connectivity index (χ4n) is 12.2. The Balaban J connectivity index is 0.000000180. The third-order valence-corrected chi connectivity index (χ3v) is 16.4. The standard InChI is InChI=1S/C46H36N2.C38H32N2.H2NP.H3P/c1-33-31-39(47(37-19-5-3-6-20-37)45-25-13-17-35-15-9-11-23-43(35)45)27-29-41(33)42-30-28-40(32-34(42)2)48(38-21-7-4-8-22-38)46-26-14-18-36-16-10-12-24-44(36)46;1-29-11-9-17-37(27-29)39(33-13-5-3-6-14-33)35-23-19-31(20-24-35)32-21-25-36(26-22-32)40(34-15-7-4-8-16-34)38-18-10-12-30(2)28-38;1-2;/h3-32H,1-2H3;3-28H,1-2H3;1-2H;1H3/i;;;1TD/hD. The molecule has 0 aliphatic heterocycles. The second kappa shape index (κ2) is 29.1. The summed E-state index contributed by atoms with van der Waals surface area (Å²) in [4.78, 5) is 9.35. The van der Waals surface area contributed by atoms with Crippen molar-refractivity contribution in [1.29, 1.82) is 7.71 Å². The first-order valence-corrected chi connectivity index (χ1v) is 30.9. The van der Waals surface area contributed by atoms with Crippen LogP contribution in [0.2, 0.25) is 1.41 Å². The topological polar surface area (TPSA) is 36.8 Å². The molecule has 5 nitrogen and oxygen atoms in total. The van der Waals surface area contributed by atoms with Crippen LogP contribution in [0, 0.1) is 32.8 Å². The average molecular weight is 1220 g/mol. The maximum absolute atomic E-state index is 5.90. The summed E-state index contributed by atoms with van der Waals surface area (Å²) in [5, 5.41) is 7.47. The molecule has 1 N–H and O–H groups in total. The number of rotatable bonds is 14. The molecule has 0 amide bonds. The fraction of sp³-hybridized carbons (Fsp3) is 0.0476. The van der Waals surface area contributed by atoms with Crippen LogP contribution >= 0.6 is 18.8 Å². The third-order valence-electron chi connectivity index (χ3n) is 16.4. The molecule has 0 radical (unpaired) electrons. The lowest BCUT2D eigenvalue weighted by molar-refractivity contribution is 1.27. The minimum atomic E-state index is -0.417. The van der Waals surface area contributed by atoms with E-state index in [1.807, 2.05) is 0 Å². The number of anilines is 12. The first kappa shape index (κ1) is 58.0. The van der Waals surface area contributed by atoms with Crippen LogP contribution in [0.15, 0.2) is 340 Å². The lowest BCUT2D eigenvalue weighted by atomic mass is 9.95.